The number of methoxy groups -OCH3 is 1. The number of rotatable bonds is 9. The molecule has 0 aliphatic carbocycles. The van der Waals surface area contributed by atoms with Crippen molar-refractivity contribution >= 4 is 32.6 Å². The molecule has 0 radical (unpaired) electrons. The number of carboxylic acids is 1. The van der Waals surface area contributed by atoms with Crippen LogP contribution < -0.4 is 13.8 Å². The maximum absolute atomic E-state index is 13.1. The molecule has 2 N–H and O–H groups in total. The molecule has 0 unspecified atom stereocenters. The van der Waals surface area contributed by atoms with E-state index in [4.69, 9.17) is 13.9 Å². The first-order chi connectivity index (χ1) is 17.1. The SMILES string of the molecule is COc1cc2c(C(=O)O)c(-c3ccc(Oc4ccc(F)cc4)nc3)oc2cc1N(CCO)S(C)(=O)=O. The first kappa shape index (κ1) is 24.9. The second-order valence-electron chi connectivity index (χ2n) is 7.63. The van der Waals surface area contributed by atoms with Gasteiger partial charge in [0, 0.05) is 29.3 Å². The van der Waals surface area contributed by atoms with Crippen molar-refractivity contribution in [1.29, 1.82) is 0 Å². The fourth-order valence-electron chi connectivity index (χ4n) is 3.64. The third kappa shape index (κ3) is 4.95. The van der Waals surface area contributed by atoms with E-state index in [2.05, 4.69) is 4.98 Å². The van der Waals surface area contributed by atoms with Gasteiger partial charge in [-0.1, -0.05) is 0 Å². The topological polar surface area (TPSA) is 139 Å². The largest absolute Gasteiger partial charge is 0.495 e. The number of carbonyl (C=O) groups is 1. The number of carboxylic acid groups (broad SMARTS) is 1. The molecule has 0 bridgehead atoms. The van der Waals surface area contributed by atoms with E-state index in [1.54, 1.807) is 6.07 Å². The van der Waals surface area contributed by atoms with Crippen molar-refractivity contribution in [2.45, 2.75) is 0 Å². The molecule has 12 heteroatoms. The van der Waals surface area contributed by atoms with Crippen LogP contribution >= 0.6 is 0 Å². The number of hydrogen-bond acceptors (Lipinski definition) is 8. The summed E-state index contributed by atoms with van der Waals surface area (Å²) in [5.74, 6) is -1.06. The van der Waals surface area contributed by atoms with E-state index in [0.717, 1.165) is 10.6 Å². The molecule has 0 amide bonds. The predicted molar refractivity (Wildman–Crippen MR) is 129 cm³/mol. The summed E-state index contributed by atoms with van der Waals surface area (Å²) in [7, 11) is -2.48. The van der Waals surface area contributed by atoms with Crippen molar-refractivity contribution in [2.75, 3.05) is 30.8 Å². The lowest BCUT2D eigenvalue weighted by atomic mass is 10.1. The number of aliphatic hydroxyl groups excluding tert-OH is 1. The lowest BCUT2D eigenvalue weighted by Gasteiger charge is -2.23. The van der Waals surface area contributed by atoms with Gasteiger partial charge in [0.1, 0.15) is 28.5 Å². The highest BCUT2D eigenvalue weighted by Gasteiger charge is 2.27. The first-order valence-corrected chi connectivity index (χ1v) is 12.3. The van der Waals surface area contributed by atoms with Gasteiger partial charge in [-0.3, -0.25) is 4.31 Å². The van der Waals surface area contributed by atoms with Crippen LogP contribution in [0.1, 0.15) is 10.4 Å². The molecule has 0 spiro atoms. The highest BCUT2D eigenvalue weighted by Crippen LogP contribution is 2.41. The number of hydrogen-bond donors (Lipinski definition) is 2. The van der Waals surface area contributed by atoms with Crippen LogP contribution in [0.4, 0.5) is 10.1 Å². The molecule has 2 aromatic heterocycles. The highest BCUT2D eigenvalue weighted by atomic mass is 32.2. The lowest BCUT2D eigenvalue weighted by molar-refractivity contribution is 0.0699. The minimum absolute atomic E-state index is 0.00870. The molecule has 0 aliphatic rings. The number of aliphatic hydroxyl groups is 1. The van der Waals surface area contributed by atoms with Crippen LogP contribution in [0.3, 0.4) is 0 Å². The Balaban J connectivity index is 1.79. The van der Waals surface area contributed by atoms with Crippen molar-refractivity contribution in [3.05, 3.63) is 66.1 Å². The van der Waals surface area contributed by atoms with Crippen LogP contribution in [0.15, 0.2) is 59.1 Å². The van der Waals surface area contributed by atoms with Crippen LogP contribution in [0, 0.1) is 5.82 Å². The second-order valence-corrected chi connectivity index (χ2v) is 9.54. The Hall–Kier alpha value is -4.16. The summed E-state index contributed by atoms with van der Waals surface area (Å²) in [5.41, 5.74) is 0.333. The molecule has 4 aromatic rings. The van der Waals surface area contributed by atoms with Crippen molar-refractivity contribution in [3.8, 4) is 28.7 Å². The summed E-state index contributed by atoms with van der Waals surface area (Å²) in [4.78, 5) is 16.3. The van der Waals surface area contributed by atoms with E-state index >= 15 is 0 Å². The lowest BCUT2D eigenvalue weighted by Crippen LogP contribution is -2.32. The van der Waals surface area contributed by atoms with Crippen LogP contribution in [0.25, 0.3) is 22.3 Å². The average Bonchev–Trinajstić information content (AvgIpc) is 3.21. The van der Waals surface area contributed by atoms with Gasteiger partial charge in [0.05, 0.1) is 32.2 Å². The molecule has 10 nitrogen and oxygen atoms in total. The van der Waals surface area contributed by atoms with E-state index in [1.807, 2.05) is 0 Å². The fraction of sp³-hybridized carbons (Fsp3) is 0.167. The molecule has 0 saturated heterocycles. The summed E-state index contributed by atoms with van der Waals surface area (Å²) in [6.45, 7) is -0.685. The Morgan fingerprint density at radius 2 is 1.89 bits per heavy atom. The Kier molecular flexibility index (Phi) is 6.82. The molecular weight excluding hydrogens is 495 g/mol. The van der Waals surface area contributed by atoms with Crippen molar-refractivity contribution < 1.29 is 41.7 Å². The van der Waals surface area contributed by atoms with Crippen LogP contribution in [-0.2, 0) is 10.0 Å². The van der Waals surface area contributed by atoms with Gasteiger partial charge < -0.3 is 24.1 Å². The second kappa shape index (κ2) is 9.84. The minimum Gasteiger partial charge on any atom is -0.495 e. The number of pyridine rings is 1. The van der Waals surface area contributed by atoms with Crippen LogP contribution in [0.5, 0.6) is 17.4 Å². The Labute approximate surface area is 205 Å². The third-order valence-corrected chi connectivity index (χ3v) is 6.39. The third-order valence-electron chi connectivity index (χ3n) is 5.21. The number of sulfonamides is 1. The number of nitrogens with zero attached hydrogens (tertiary/aromatic N) is 2. The monoisotopic (exact) mass is 516 g/mol. The van der Waals surface area contributed by atoms with Gasteiger partial charge in [-0.05, 0) is 36.4 Å². The van der Waals surface area contributed by atoms with Gasteiger partial charge in [0.25, 0.3) is 0 Å². The Bertz CT molecular complexity index is 1520. The average molecular weight is 517 g/mol. The van der Waals surface area contributed by atoms with E-state index < -0.39 is 28.4 Å². The maximum atomic E-state index is 13.1. The number of halogens is 1. The smallest absolute Gasteiger partial charge is 0.340 e. The predicted octanol–water partition coefficient (Wildman–Crippen LogP) is 3.89. The zero-order valence-corrected chi connectivity index (χ0v) is 20.0. The number of anilines is 1. The molecule has 2 heterocycles. The molecule has 2 aromatic carbocycles. The quantitative estimate of drug-likeness (QED) is 0.339. The van der Waals surface area contributed by atoms with Gasteiger partial charge in [-0.15, -0.1) is 0 Å². The zero-order valence-electron chi connectivity index (χ0n) is 19.1. The van der Waals surface area contributed by atoms with E-state index in [0.29, 0.717) is 11.3 Å². The molecule has 0 aliphatic heterocycles. The molecule has 0 fully saturated rings. The standard InChI is InChI=1S/C24H21FN2O8S/c1-33-20-11-17-19(12-18(20)27(9-10-28)36(2,31)32)35-23(22(17)24(29)30)14-3-8-21(26-13-14)34-16-6-4-15(25)5-7-16/h3-8,11-13,28H,9-10H2,1-2H3,(H,29,30). The van der Waals surface area contributed by atoms with E-state index in [-0.39, 0.29) is 46.2 Å². The van der Waals surface area contributed by atoms with Gasteiger partial charge in [0.15, 0.2) is 5.76 Å². The number of aromatic nitrogens is 1. The summed E-state index contributed by atoms with van der Waals surface area (Å²) in [5, 5.41) is 19.5. The molecular formula is C24H21FN2O8S. The van der Waals surface area contributed by atoms with Gasteiger partial charge in [-0.25, -0.2) is 22.6 Å². The van der Waals surface area contributed by atoms with Gasteiger partial charge in [-0.2, -0.15) is 0 Å². The van der Waals surface area contributed by atoms with Crippen molar-refractivity contribution in [3.63, 3.8) is 0 Å². The first-order valence-electron chi connectivity index (χ1n) is 10.5. The molecule has 0 atom stereocenters. The van der Waals surface area contributed by atoms with Crippen LogP contribution in [0.2, 0.25) is 0 Å². The molecule has 4 rings (SSSR count). The van der Waals surface area contributed by atoms with Crippen LogP contribution in [-0.4, -0.2) is 56.1 Å². The van der Waals surface area contributed by atoms with Gasteiger partial charge in [0.2, 0.25) is 15.9 Å². The number of benzene rings is 2. The number of aromatic carboxylic acids is 1. The van der Waals surface area contributed by atoms with E-state index in [9.17, 15) is 27.8 Å². The zero-order chi connectivity index (χ0) is 26.0. The molecule has 188 valence electrons. The normalized spacial score (nSPS) is 11.4. The Morgan fingerprint density at radius 3 is 2.44 bits per heavy atom. The summed E-state index contributed by atoms with van der Waals surface area (Å²) >= 11 is 0. The summed E-state index contributed by atoms with van der Waals surface area (Å²) in [6.07, 6.45) is 2.33. The van der Waals surface area contributed by atoms with Gasteiger partial charge >= 0.3 is 5.97 Å². The maximum Gasteiger partial charge on any atom is 0.340 e. The summed E-state index contributed by atoms with van der Waals surface area (Å²) < 4.78 is 55.4. The molecule has 36 heavy (non-hydrogen) atoms. The molecule has 0 saturated carbocycles. The summed E-state index contributed by atoms with van der Waals surface area (Å²) in [6, 6.07) is 11.1. The fourth-order valence-corrected chi connectivity index (χ4v) is 4.55. The number of fused-ring (bicyclic) bond motifs is 1. The van der Waals surface area contributed by atoms with Crippen molar-refractivity contribution in [2.24, 2.45) is 0 Å². The van der Waals surface area contributed by atoms with Crippen molar-refractivity contribution in [1.82, 2.24) is 4.98 Å². The number of ether oxygens (including phenoxy) is 2. The Morgan fingerprint density at radius 1 is 1.17 bits per heavy atom. The number of furan rings is 1. The minimum atomic E-state index is -3.80. The highest BCUT2D eigenvalue weighted by molar-refractivity contribution is 7.92. The van der Waals surface area contributed by atoms with E-state index in [1.165, 1.54) is 55.8 Å².